The summed E-state index contributed by atoms with van der Waals surface area (Å²) in [6.45, 7) is 2.53. The maximum Gasteiger partial charge on any atom is 0.168 e. The number of benzene rings is 1. The highest BCUT2D eigenvalue weighted by Gasteiger charge is 2.09. The van der Waals surface area contributed by atoms with Crippen molar-refractivity contribution in [2.45, 2.75) is 13.3 Å². The fourth-order valence-electron chi connectivity index (χ4n) is 1.63. The predicted molar refractivity (Wildman–Crippen MR) is 77.7 cm³/mol. The average Bonchev–Trinajstić information content (AvgIpc) is 2.75. The summed E-state index contributed by atoms with van der Waals surface area (Å²) in [5, 5.41) is 1.99. The Bertz CT molecular complexity index is 548. The van der Waals surface area contributed by atoms with Gasteiger partial charge in [-0.2, -0.15) is 0 Å². The molecule has 1 aromatic carbocycles. The number of halogens is 1. The van der Waals surface area contributed by atoms with Crippen LogP contribution in [-0.4, -0.2) is 12.4 Å². The average molecular weight is 325 g/mol. The van der Waals surface area contributed by atoms with Gasteiger partial charge in [0.2, 0.25) is 0 Å². The van der Waals surface area contributed by atoms with Crippen LogP contribution in [0, 0.1) is 0 Å². The van der Waals surface area contributed by atoms with Crippen molar-refractivity contribution in [1.29, 1.82) is 0 Å². The lowest BCUT2D eigenvalue weighted by Gasteiger charge is -2.04. The second kappa shape index (κ2) is 6.16. The SMILES string of the molecule is CCOc1cccc(C(=O)Cc2cc(Br)cs2)c1. The van der Waals surface area contributed by atoms with Gasteiger partial charge >= 0.3 is 0 Å². The van der Waals surface area contributed by atoms with Crippen LogP contribution in [0.3, 0.4) is 0 Å². The zero-order valence-electron chi connectivity index (χ0n) is 9.98. The minimum atomic E-state index is 0.117. The summed E-state index contributed by atoms with van der Waals surface area (Å²) in [7, 11) is 0. The number of hydrogen-bond acceptors (Lipinski definition) is 3. The third-order valence-corrected chi connectivity index (χ3v) is 4.12. The van der Waals surface area contributed by atoms with E-state index in [9.17, 15) is 4.79 Å². The molecule has 0 unspecified atom stereocenters. The smallest absolute Gasteiger partial charge is 0.168 e. The number of carbonyl (C=O) groups is 1. The van der Waals surface area contributed by atoms with E-state index in [-0.39, 0.29) is 5.78 Å². The number of rotatable bonds is 5. The Morgan fingerprint density at radius 1 is 1.39 bits per heavy atom. The molecule has 94 valence electrons. The highest BCUT2D eigenvalue weighted by atomic mass is 79.9. The fourth-order valence-corrected chi connectivity index (χ4v) is 3.08. The molecule has 2 aromatic rings. The van der Waals surface area contributed by atoms with Crippen LogP contribution in [0.25, 0.3) is 0 Å². The van der Waals surface area contributed by atoms with E-state index in [2.05, 4.69) is 15.9 Å². The number of Topliss-reactive ketones (excluding diaryl/α,β-unsaturated/α-hetero) is 1. The number of ether oxygens (including phenoxy) is 1. The summed E-state index contributed by atoms with van der Waals surface area (Å²) in [5.74, 6) is 0.863. The van der Waals surface area contributed by atoms with Crippen molar-refractivity contribution in [1.82, 2.24) is 0 Å². The molecular formula is C14H13BrO2S. The molecule has 0 bridgehead atoms. The third-order valence-electron chi connectivity index (χ3n) is 2.42. The molecule has 2 rings (SSSR count). The van der Waals surface area contributed by atoms with E-state index in [0.29, 0.717) is 18.6 Å². The summed E-state index contributed by atoms with van der Waals surface area (Å²) in [5.41, 5.74) is 0.700. The molecule has 1 aromatic heterocycles. The zero-order valence-corrected chi connectivity index (χ0v) is 12.4. The molecule has 0 aliphatic rings. The highest BCUT2D eigenvalue weighted by Crippen LogP contribution is 2.22. The minimum absolute atomic E-state index is 0.117. The van der Waals surface area contributed by atoms with Crippen molar-refractivity contribution in [2.75, 3.05) is 6.61 Å². The van der Waals surface area contributed by atoms with Gasteiger partial charge in [-0.15, -0.1) is 11.3 Å². The van der Waals surface area contributed by atoms with E-state index in [1.54, 1.807) is 17.4 Å². The van der Waals surface area contributed by atoms with Crippen molar-refractivity contribution in [3.8, 4) is 5.75 Å². The molecule has 0 radical (unpaired) electrons. The maximum atomic E-state index is 12.1. The van der Waals surface area contributed by atoms with Crippen molar-refractivity contribution < 1.29 is 9.53 Å². The van der Waals surface area contributed by atoms with Crippen molar-refractivity contribution in [3.63, 3.8) is 0 Å². The predicted octanol–water partition coefficient (Wildman–Crippen LogP) is 4.33. The standard InChI is InChI=1S/C14H13BrO2S/c1-2-17-12-5-3-4-10(6-12)14(16)8-13-7-11(15)9-18-13/h3-7,9H,2,8H2,1H3. The van der Waals surface area contributed by atoms with Crippen molar-refractivity contribution in [2.24, 2.45) is 0 Å². The Labute approximate surface area is 119 Å². The molecule has 0 N–H and O–H groups in total. The van der Waals surface area contributed by atoms with Crippen LogP contribution in [0.2, 0.25) is 0 Å². The topological polar surface area (TPSA) is 26.3 Å². The van der Waals surface area contributed by atoms with Gasteiger partial charge in [-0.05, 0) is 41.1 Å². The molecule has 0 amide bonds. The molecule has 0 fully saturated rings. The van der Waals surface area contributed by atoms with Gasteiger partial charge < -0.3 is 4.74 Å². The monoisotopic (exact) mass is 324 g/mol. The van der Waals surface area contributed by atoms with E-state index < -0.39 is 0 Å². The number of ketones is 1. The van der Waals surface area contributed by atoms with Gasteiger partial charge in [-0.1, -0.05) is 12.1 Å². The Hall–Kier alpha value is -1.13. The van der Waals surface area contributed by atoms with Crippen molar-refractivity contribution in [3.05, 3.63) is 50.6 Å². The molecule has 0 aliphatic carbocycles. The van der Waals surface area contributed by atoms with Crippen LogP contribution < -0.4 is 4.74 Å². The maximum absolute atomic E-state index is 12.1. The first-order valence-electron chi connectivity index (χ1n) is 5.68. The van der Waals surface area contributed by atoms with Crippen molar-refractivity contribution >= 4 is 33.0 Å². The fraction of sp³-hybridized carbons (Fsp3) is 0.214. The van der Waals surface area contributed by atoms with Crippen LogP contribution in [0.4, 0.5) is 0 Å². The van der Waals surface area contributed by atoms with Gasteiger partial charge in [0, 0.05) is 26.7 Å². The largest absolute Gasteiger partial charge is 0.494 e. The van der Waals surface area contributed by atoms with E-state index in [1.807, 2.05) is 36.6 Å². The minimum Gasteiger partial charge on any atom is -0.494 e. The Morgan fingerprint density at radius 3 is 2.89 bits per heavy atom. The first kappa shape index (κ1) is 13.3. The molecule has 18 heavy (non-hydrogen) atoms. The zero-order chi connectivity index (χ0) is 13.0. The summed E-state index contributed by atoms with van der Waals surface area (Å²) < 4.78 is 6.42. The molecule has 0 aliphatic heterocycles. The van der Waals surface area contributed by atoms with Crippen LogP contribution >= 0.6 is 27.3 Å². The summed E-state index contributed by atoms with van der Waals surface area (Å²) in [6.07, 6.45) is 0.436. The first-order valence-corrected chi connectivity index (χ1v) is 7.35. The van der Waals surface area contributed by atoms with Gasteiger partial charge in [0.1, 0.15) is 5.75 Å². The first-order chi connectivity index (χ1) is 8.69. The molecule has 0 saturated heterocycles. The van der Waals surface area contributed by atoms with Gasteiger partial charge in [0.15, 0.2) is 5.78 Å². The van der Waals surface area contributed by atoms with E-state index in [4.69, 9.17) is 4.74 Å². The second-order valence-corrected chi connectivity index (χ2v) is 5.70. The van der Waals surface area contributed by atoms with E-state index in [1.165, 1.54) is 0 Å². The van der Waals surface area contributed by atoms with Gasteiger partial charge in [-0.3, -0.25) is 4.79 Å². The molecule has 1 heterocycles. The second-order valence-electron chi connectivity index (χ2n) is 3.79. The molecule has 0 atom stereocenters. The lowest BCUT2D eigenvalue weighted by Crippen LogP contribution is -2.02. The van der Waals surface area contributed by atoms with Gasteiger partial charge in [-0.25, -0.2) is 0 Å². The Balaban J connectivity index is 2.11. The molecule has 4 heteroatoms. The summed E-state index contributed by atoms with van der Waals surface area (Å²) in [4.78, 5) is 13.2. The Morgan fingerprint density at radius 2 is 2.22 bits per heavy atom. The van der Waals surface area contributed by atoms with Crippen LogP contribution in [0.5, 0.6) is 5.75 Å². The van der Waals surface area contributed by atoms with Crippen LogP contribution in [0.15, 0.2) is 40.2 Å². The van der Waals surface area contributed by atoms with Gasteiger partial charge in [0.05, 0.1) is 6.61 Å². The number of carbonyl (C=O) groups excluding carboxylic acids is 1. The quantitative estimate of drug-likeness (QED) is 0.765. The summed E-state index contributed by atoms with van der Waals surface area (Å²) >= 11 is 4.98. The third kappa shape index (κ3) is 3.43. The highest BCUT2D eigenvalue weighted by molar-refractivity contribution is 9.10. The lowest BCUT2D eigenvalue weighted by atomic mass is 10.1. The molecular weight excluding hydrogens is 312 g/mol. The van der Waals surface area contributed by atoms with Crippen LogP contribution in [0.1, 0.15) is 22.2 Å². The number of hydrogen-bond donors (Lipinski definition) is 0. The normalized spacial score (nSPS) is 10.3. The number of thiophene rings is 1. The molecule has 0 saturated carbocycles. The Kier molecular flexibility index (Phi) is 4.55. The molecule has 2 nitrogen and oxygen atoms in total. The lowest BCUT2D eigenvalue weighted by molar-refractivity contribution is 0.0993. The van der Waals surface area contributed by atoms with Gasteiger partial charge in [0.25, 0.3) is 0 Å². The van der Waals surface area contributed by atoms with Crippen LogP contribution in [-0.2, 0) is 6.42 Å². The summed E-state index contributed by atoms with van der Waals surface area (Å²) in [6, 6.07) is 9.32. The molecule has 0 spiro atoms. The van der Waals surface area contributed by atoms with E-state index >= 15 is 0 Å². The van der Waals surface area contributed by atoms with E-state index in [0.717, 1.165) is 15.1 Å².